The van der Waals surface area contributed by atoms with E-state index in [-0.39, 0.29) is 22.5 Å². The second kappa shape index (κ2) is 4.77. The van der Waals surface area contributed by atoms with Crippen molar-refractivity contribution in [2.24, 2.45) is 0 Å². The van der Waals surface area contributed by atoms with Gasteiger partial charge in [0.1, 0.15) is 5.69 Å². The van der Waals surface area contributed by atoms with Crippen molar-refractivity contribution in [2.75, 3.05) is 6.61 Å². The number of nitrogens with one attached hydrogen (secondary N) is 1. The molecule has 0 unspecified atom stereocenters. The Balaban J connectivity index is 2.74. The third-order valence-corrected chi connectivity index (χ3v) is 2.76. The number of hydrogen-bond acceptors (Lipinski definition) is 2. The average molecular weight is 292 g/mol. The van der Waals surface area contributed by atoms with Gasteiger partial charge in [-0.25, -0.2) is 4.79 Å². The molecular formula is C12H9ClF3NO2. The molecule has 0 spiro atoms. The van der Waals surface area contributed by atoms with Crippen molar-refractivity contribution < 1.29 is 22.7 Å². The Morgan fingerprint density at radius 3 is 2.68 bits per heavy atom. The molecule has 2 aromatic rings. The van der Waals surface area contributed by atoms with Crippen LogP contribution >= 0.6 is 11.6 Å². The number of carbonyl (C=O) groups is 1. The van der Waals surface area contributed by atoms with Crippen molar-refractivity contribution in [2.45, 2.75) is 13.1 Å². The van der Waals surface area contributed by atoms with Crippen LogP contribution in [0.25, 0.3) is 10.9 Å². The molecule has 0 saturated heterocycles. The molecule has 0 saturated carbocycles. The molecule has 7 heteroatoms. The Morgan fingerprint density at radius 1 is 1.42 bits per heavy atom. The first-order valence-electron chi connectivity index (χ1n) is 5.40. The molecule has 1 aromatic heterocycles. The summed E-state index contributed by atoms with van der Waals surface area (Å²) < 4.78 is 43.4. The van der Waals surface area contributed by atoms with Gasteiger partial charge in [0.2, 0.25) is 0 Å². The van der Waals surface area contributed by atoms with Gasteiger partial charge in [-0.3, -0.25) is 0 Å². The predicted octanol–water partition coefficient (Wildman–Crippen LogP) is 4.02. The zero-order valence-electron chi connectivity index (χ0n) is 9.77. The number of hydrogen-bond donors (Lipinski definition) is 1. The third-order valence-electron chi connectivity index (χ3n) is 2.52. The molecule has 19 heavy (non-hydrogen) atoms. The Kier molecular flexibility index (Phi) is 3.45. The van der Waals surface area contributed by atoms with Gasteiger partial charge in [0.25, 0.3) is 0 Å². The summed E-state index contributed by atoms with van der Waals surface area (Å²) >= 11 is 5.75. The molecule has 0 bridgehead atoms. The van der Waals surface area contributed by atoms with Crippen molar-refractivity contribution >= 4 is 28.5 Å². The summed E-state index contributed by atoms with van der Waals surface area (Å²) in [6.07, 6.45) is -4.67. The van der Waals surface area contributed by atoms with Crippen LogP contribution in [0.2, 0.25) is 5.02 Å². The predicted molar refractivity (Wildman–Crippen MR) is 64.3 cm³/mol. The maximum Gasteiger partial charge on any atom is 0.432 e. The average Bonchev–Trinajstić information content (AvgIpc) is 2.67. The highest BCUT2D eigenvalue weighted by Gasteiger charge is 2.39. The number of ether oxygens (including phenoxy) is 1. The quantitative estimate of drug-likeness (QED) is 0.849. The van der Waals surface area contributed by atoms with E-state index in [1.807, 2.05) is 0 Å². The molecular weight excluding hydrogens is 283 g/mol. The van der Waals surface area contributed by atoms with E-state index in [1.165, 1.54) is 25.1 Å². The van der Waals surface area contributed by atoms with E-state index < -0.39 is 23.4 Å². The Bertz CT molecular complexity index is 634. The van der Waals surface area contributed by atoms with Crippen molar-refractivity contribution in [3.63, 3.8) is 0 Å². The van der Waals surface area contributed by atoms with Crippen LogP contribution in [0.5, 0.6) is 0 Å². The number of aromatic amines is 1. The highest BCUT2D eigenvalue weighted by Crippen LogP contribution is 2.36. The molecule has 1 N–H and O–H groups in total. The molecule has 0 fully saturated rings. The molecule has 102 valence electrons. The Labute approximate surface area is 111 Å². The number of aromatic nitrogens is 1. The van der Waals surface area contributed by atoms with E-state index in [9.17, 15) is 18.0 Å². The van der Waals surface area contributed by atoms with Crippen molar-refractivity contribution in [1.29, 1.82) is 0 Å². The number of H-pyrrole nitrogens is 1. The molecule has 2 rings (SSSR count). The number of alkyl halides is 3. The summed E-state index contributed by atoms with van der Waals surface area (Å²) in [6, 6.07) is 4.12. The van der Waals surface area contributed by atoms with Crippen LogP contribution in [-0.2, 0) is 10.9 Å². The molecule has 0 radical (unpaired) electrons. The minimum absolute atomic E-state index is 0.0105. The number of esters is 1. The molecule has 0 amide bonds. The molecule has 0 aliphatic carbocycles. The van der Waals surface area contributed by atoms with Gasteiger partial charge in [0.15, 0.2) is 0 Å². The number of fused-ring (bicyclic) bond motifs is 1. The molecule has 3 nitrogen and oxygen atoms in total. The SMILES string of the molecule is CCOC(=O)c1c(C(F)(F)F)[nH]c2ccc(Cl)cc12. The Morgan fingerprint density at radius 2 is 2.11 bits per heavy atom. The van der Waals surface area contributed by atoms with Crippen LogP contribution in [0.1, 0.15) is 23.0 Å². The maximum atomic E-state index is 12.9. The zero-order valence-corrected chi connectivity index (χ0v) is 10.5. The second-order valence-electron chi connectivity index (χ2n) is 3.78. The lowest BCUT2D eigenvalue weighted by Gasteiger charge is -2.07. The summed E-state index contributed by atoms with van der Waals surface area (Å²) in [6.45, 7) is 1.51. The topological polar surface area (TPSA) is 42.1 Å². The van der Waals surface area contributed by atoms with Gasteiger partial charge >= 0.3 is 12.1 Å². The summed E-state index contributed by atoms with van der Waals surface area (Å²) in [5.41, 5.74) is -1.48. The number of rotatable bonds is 2. The number of benzene rings is 1. The zero-order chi connectivity index (χ0) is 14.2. The first kappa shape index (κ1) is 13.7. The van der Waals surface area contributed by atoms with Gasteiger partial charge < -0.3 is 9.72 Å². The summed E-state index contributed by atoms with van der Waals surface area (Å²) in [4.78, 5) is 13.9. The lowest BCUT2D eigenvalue weighted by molar-refractivity contribution is -0.141. The smallest absolute Gasteiger partial charge is 0.432 e. The van der Waals surface area contributed by atoms with Crippen LogP contribution in [0.4, 0.5) is 13.2 Å². The van der Waals surface area contributed by atoms with Crippen LogP contribution < -0.4 is 0 Å². The molecule has 1 heterocycles. The molecule has 0 aliphatic heterocycles. The normalized spacial score (nSPS) is 11.8. The summed E-state index contributed by atoms with van der Waals surface area (Å²) in [5, 5.41) is 0.337. The largest absolute Gasteiger partial charge is 0.462 e. The molecule has 0 atom stereocenters. The fourth-order valence-corrected chi connectivity index (χ4v) is 1.96. The standard InChI is InChI=1S/C12H9ClF3NO2/c1-2-19-11(18)9-7-5-6(13)3-4-8(7)17-10(9)12(14,15)16/h3-5,17H,2H2,1H3. The van der Waals surface area contributed by atoms with Gasteiger partial charge in [-0.15, -0.1) is 0 Å². The van der Waals surface area contributed by atoms with Crippen LogP contribution in [0.15, 0.2) is 18.2 Å². The van der Waals surface area contributed by atoms with E-state index in [4.69, 9.17) is 11.6 Å². The minimum Gasteiger partial charge on any atom is -0.462 e. The van der Waals surface area contributed by atoms with E-state index in [2.05, 4.69) is 9.72 Å². The fourth-order valence-electron chi connectivity index (χ4n) is 1.79. The summed E-state index contributed by atoms with van der Waals surface area (Å²) in [5.74, 6) is -1.02. The van der Waals surface area contributed by atoms with Crippen LogP contribution in [-0.4, -0.2) is 17.6 Å². The van der Waals surface area contributed by atoms with Gasteiger partial charge in [0.05, 0.1) is 12.2 Å². The lowest BCUT2D eigenvalue weighted by Crippen LogP contribution is -2.14. The van der Waals surface area contributed by atoms with E-state index in [0.29, 0.717) is 0 Å². The minimum atomic E-state index is -4.67. The molecule has 1 aromatic carbocycles. The lowest BCUT2D eigenvalue weighted by atomic mass is 10.1. The van der Waals surface area contributed by atoms with Gasteiger partial charge in [0, 0.05) is 15.9 Å². The van der Waals surface area contributed by atoms with Gasteiger partial charge in [-0.1, -0.05) is 11.6 Å². The second-order valence-corrected chi connectivity index (χ2v) is 4.22. The first-order chi connectivity index (χ1) is 8.84. The van der Waals surface area contributed by atoms with Crippen LogP contribution in [0, 0.1) is 0 Å². The summed E-state index contributed by atoms with van der Waals surface area (Å²) in [7, 11) is 0. The van der Waals surface area contributed by atoms with Gasteiger partial charge in [-0.2, -0.15) is 13.2 Å². The van der Waals surface area contributed by atoms with Crippen LogP contribution in [0.3, 0.4) is 0 Å². The van der Waals surface area contributed by atoms with Crippen molar-refractivity contribution in [1.82, 2.24) is 4.98 Å². The van der Waals surface area contributed by atoms with E-state index >= 15 is 0 Å². The maximum absolute atomic E-state index is 12.9. The van der Waals surface area contributed by atoms with Crippen molar-refractivity contribution in [3.05, 3.63) is 34.5 Å². The van der Waals surface area contributed by atoms with E-state index in [1.54, 1.807) is 0 Å². The van der Waals surface area contributed by atoms with Gasteiger partial charge in [-0.05, 0) is 25.1 Å². The highest BCUT2D eigenvalue weighted by atomic mass is 35.5. The Hall–Kier alpha value is -1.69. The number of halogens is 4. The fraction of sp³-hybridized carbons (Fsp3) is 0.250. The molecule has 0 aliphatic rings. The first-order valence-corrected chi connectivity index (χ1v) is 5.78. The van der Waals surface area contributed by atoms with E-state index in [0.717, 1.165) is 0 Å². The number of carbonyl (C=O) groups excluding carboxylic acids is 1. The third kappa shape index (κ3) is 2.53. The van der Waals surface area contributed by atoms with Crippen molar-refractivity contribution in [3.8, 4) is 0 Å². The monoisotopic (exact) mass is 291 g/mol. The highest BCUT2D eigenvalue weighted by molar-refractivity contribution is 6.31.